The van der Waals surface area contributed by atoms with Crippen LogP contribution >= 0.6 is 0 Å². The van der Waals surface area contributed by atoms with E-state index in [1.54, 1.807) is 14.0 Å². The van der Waals surface area contributed by atoms with E-state index < -0.39 is 0 Å². The van der Waals surface area contributed by atoms with Crippen LogP contribution in [0.4, 0.5) is 0 Å². The van der Waals surface area contributed by atoms with Gasteiger partial charge >= 0.3 is 0 Å². The van der Waals surface area contributed by atoms with Gasteiger partial charge < -0.3 is 14.1 Å². The molecule has 2 heterocycles. The smallest absolute Gasteiger partial charge is 0.219 e. The Labute approximate surface area is 174 Å². The van der Waals surface area contributed by atoms with Gasteiger partial charge in [-0.1, -0.05) is 26.0 Å². The maximum absolute atomic E-state index is 12.3. The summed E-state index contributed by atoms with van der Waals surface area (Å²) in [6, 6.07) is 12.4. The third-order valence-electron chi connectivity index (χ3n) is 5.70. The van der Waals surface area contributed by atoms with Gasteiger partial charge in [-0.25, -0.2) is 0 Å². The van der Waals surface area contributed by atoms with Crippen molar-refractivity contribution in [3.8, 4) is 5.75 Å². The van der Waals surface area contributed by atoms with Crippen molar-refractivity contribution in [3.05, 3.63) is 53.5 Å². The molecule has 1 fully saturated rings. The lowest BCUT2D eigenvalue weighted by molar-refractivity contribution is -0.130. The molecule has 0 bridgehead atoms. The number of carbonyl (C=O) groups excluding carboxylic acids is 1. The minimum absolute atomic E-state index is 0.156. The molecular weight excluding hydrogens is 364 g/mol. The number of amides is 1. The fraction of sp³-hybridized carbons (Fsp3) is 0.542. The van der Waals surface area contributed by atoms with Crippen LogP contribution in [0.1, 0.15) is 43.8 Å². The monoisotopic (exact) mass is 398 g/mol. The molecule has 0 N–H and O–H groups in total. The molecule has 5 nitrogen and oxygen atoms in total. The van der Waals surface area contributed by atoms with E-state index >= 15 is 0 Å². The summed E-state index contributed by atoms with van der Waals surface area (Å²) in [5, 5.41) is 0. The van der Waals surface area contributed by atoms with Gasteiger partial charge in [0.1, 0.15) is 17.3 Å². The summed E-state index contributed by atoms with van der Waals surface area (Å²) in [6.07, 6.45) is 0. The Morgan fingerprint density at radius 1 is 1.28 bits per heavy atom. The van der Waals surface area contributed by atoms with Crippen LogP contribution in [-0.4, -0.2) is 49.0 Å². The number of methoxy groups -OCH3 is 1. The fourth-order valence-electron chi connectivity index (χ4n) is 4.37. The second kappa shape index (κ2) is 9.49. The van der Waals surface area contributed by atoms with Crippen LogP contribution in [0.3, 0.4) is 0 Å². The molecule has 0 saturated carbocycles. The number of aryl methyl sites for hydroxylation is 1. The van der Waals surface area contributed by atoms with E-state index in [2.05, 4.69) is 43.0 Å². The minimum atomic E-state index is 0.156. The zero-order chi connectivity index (χ0) is 21.0. The maximum Gasteiger partial charge on any atom is 0.219 e. The van der Waals surface area contributed by atoms with Crippen molar-refractivity contribution in [3.63, 3.8) is 0 Å². The van der Waals surface area contributed by atoms with Crippen molar-refractivity contribution in [2.24, 2.45) is 11.8 Å². The number of nitrogens with zero attached hydrogens (tertiary/aromatic N) is 2. The molecule has 29 heavy (non-hydrogen) atoms. The van der Waals surface area contributed by atoms with Gasteiger partial charge in [0.2, 0.25) is 5.91 Å². The summed E-state index contributed by atoms with van der Waals surface area (Å²) in [6.45, 7) is 12.3. The molecule has 1 amide bonds. The average Bonchev–Trinajstić information content (AvgIpc) is 3.27. The molecule has 0 aliphatic carbocycles. The van der Waals surface area contributed by atoms with Gasteiger partial charge in [-0.15, -0.1) is 0 Å². The van der Waals surface area contributed by atoms with Crippen molar-refractivity contribution in [2.75, 3.05) is 33.3 Å². The predicted molar refractivity (Wildman–Crippen MR) is 115 cm³/mol. The first-order valence-electron chi connectivity index (χ1n) is 10.5. The van der Waals surface area contributed by atoms with Gasteiger partial charge in [0, 0.05) is 39.0 Å². The van der Waals surface area contributed by atoms with E-state index in [1.807, 2.05) is 24.0 Å². The number of carbonyl (C=O) groups is 1. The summed E-state index contributed by atoms with van der Waals surface area (Å²) in [5.74, 6) is 4.17. The van der Waals surface area contributed by atoms with Gasteiger partial charge in [-0.05, 0) is 48.6 Å². The van der Waals surface area contributed by atoms with E-state index in [0.717, 1.165) is 50.0 Å². The van der Waals surface area contributed by atoms with Crippen LogP contribution < -0.4 is 4.74 Å². The van der Waals surface area contributed by atoms with Gasteiger partial charge in [-0.3, -0.25) is 9.69 Å². The van der Waals surface area contributed by atoms with Crippen molar-refractivity contribution >= 4 is 5.91 Å². The van der Waals surface area contributed by atoms with Crippen molar-refractivity contribution in [2.45, 2.75) is 40.2 Å². The molecule has 0 spiro atoms. The van der Waals surface area contributed by atoms with Gasteiger partial charge in [-0.2, -0.15) is 0 Å². The predicted octanol–water partition coefficient (Wildman–Crippen LogP) is 4.32. The molecule has 2 unspecified atom stereocenters. The lowest BCUT2D eigenvalue weighted by Crippen LogP contribution is -2.38. The number of furan rings is 1. The summed E-state index contributed by atoms with van der Waals surface area (Å²) in [7, 11) is 1.71. The Kier molecular flexibility index (Phi) is 7.01. The van der Waals surface area contributed by atoms with Crippen LogP contribution in [0.15, 0.2) is 40.8 Å². The molecule has 3 rings (SSSR count). The van der Waals surface area contributed by atoms with Crippen LogP contribution in [0.2, 0.25) is 0 Å². The standard InChI is InChI=1S/C24H34N2O3/c1-17(2)12-26(19(4)27)14-21-13-25(15-23-10-9-18(3)29-23)16-24(21)20-7-6-8-22(11-20)28-5/h6-11,17,21,24H,12-16H2,1-5H3. The second-order valence-corrected chi connectivity index (χ2v) is 8.67. The number of hydrogen-bond donors (Lipinski definition) is 0. The van der Waals surface area contributed by atoms with Crippen molar-refractivity contribution in [1.82, 2.24) is 9.80 Å². The van der Waals surface area contributed by atoms with E-state index in [-0.39, 0.29) is 5.91 Å². The highest BCUT2D eigenvalue weighted by atomic mass is 16.5. The maximum atomic E-state index is 12.3. The quantitative estimate of drug-likeness (QED) is 0.664. The molecule has 5 heteroatoms. The normalized spacial score (nSPS) is 19.7. The zero-order valence-corrected chi connectivity index (χ0v) is 18.4. The highest BCUT2D eigenvalue weighted by molar-refractivity contribution is 5.73. The van der Waals surface area contributed by atoms with Crippen molar-refractivity contribution < 1.29 is 13.9 Å². The summed E-state index contributed by atoms with van der Waals surface area (Å²) < 4.78 is 11.3. The van der Waals surface area contributed by atoms with E-state index in [4.69, 9.17) is 9.15 Å². The Bertz CT molecular complexity index is 814. The minimum Gasteiger partial charge on any atom is -0.497 e. The molecular formula is C24H34N2O3. The lowest BCUT2D eigenvalue weighted by Gasteiger charge is -2.29. The molecule has 1 aromatic heterocycles. The van der Waals surface area contributed by atoms with Crippen LogP contribution in [0, 0.1) is 18.8 Å². The van der Waals surface area contributed by atoms with E-state index in [0.29, 0.717) is 17.8 Å². The number of rotatable bonds is 8. The zero-order valence-electron chi connectivity index (χ0n) is 18.4. The molecule has 158 valence electrons. The highest BCUT2D eigenvalue weighted by Crippen LogP contribution is 2.35. The van der Waals surface area contributed by atoms with Gasteiger partial charge in [0.15, 0.2) is 0 Å². The topological polar surface area (TPSA) is 45.9 Å². The van der Waals surface area contributed by atoms with Crippen LogP contribution in [0.25, 0.3) is 0 Å². The van der Waals surface area contributed by atoms with E-state index in [1.165, 1.54) is 5.56 Å². The van der Waals surface area contributed by atoms with Crippen LogP contribution in [-0.2, 0) is 11.3 Å². The average molecular weight is 399 g/mol. The summed E-state index contributed by atoms with van der Waals surface area (Å²) >= 11 is 0. The van der Waals surface area contributed by atoms with Gasteiger partial charge in [0.25, 0.3) is 0 Å². The first kappa shape index (κ1) is 21.4. The Balaban J connectivity index is 1.81. The molecule has 1 saturated heterocycles. The Hall–Kier alpha value is -2.27. The Morgan fingerprint density at radius 2 is 2.07 bits per heavy atom. The summed E-state index contributed by atoms with van der Waals surface area (Å²) in [4.78, 5) is 16.7. The number of benzene rings is 1. The first-order chi connectivity index (χ1) is 13.9. The Morgan fingerprint density at radius 3 is 2.69 bits per heavy atom. The summed E-state index contributed by atoms with van der Waals surface area (Å²) in [5.41, 5.74) is 1.28. The number of likely N-dealkylation sites (tertiary alicyclic amines) is 1. The van der Waals surface area contributed by atoms with Crippen LogP contribution in [0.5, 0.6) is 5.75 Å². The molecule has 1 aromatic carbocycles. The SMILES string of the molecule is COc1cccc(C2CN(Cc3ccc(C)o3)CC2CN(CC(C)C)C(C)=O)c1. The van der Waals surface area contributed by atoms with Crippen molar-refractivity contribution in [1.29, 1.82) is 0 Å². The fourth-order valence-corrected chi connectivity index (χ4v) is 4.37. The number of hydrogen-bond acceptors (Lipinski definition) is 4. The molecule has 2 atom stereocenters. The molecule has 0 radical (unpaired) electrons. The third-order valence-corrected chi connectivity index (χ3v) is 5.70. The van der Waals surface area contributed by atoms with E-state index in [9.17, 15) is 4.79 Å². The molecule has 2 aromatic rings. The number of ether oxygens (including phenoxy) is 1. The second-order valence-electron chi connectivity index (χ2n) is 8.67. The molecule has 1 aliphatic heterocycles. The largest absolute Gasteiger partial charge is 0.497 e. The highest BCUT2D eigenvalue weighted by Gasteiger charge is 2.36. The third kappa shape index (κ3) is 5.63. The lowest BCUT2D eigenvalue weighted by atomic mass is 9.88. The molecule has 1 aliphatic rings. The van der Waals surface area contributed by atoms with Gasteiger partial charge in [0.05, 0.1) is 13.7 Å². The first-order valence-corrected chi connectivity index (χ1v) is 10.5.